The third-order valence-electron chi connectivity index (χ3n) is 3.37. The van der Waals surface area contributed by atoms with Crippen LogP contribution < -0.4 is 15.8 Å². The highest BCUT2D eigenvalue weighted by Crippen LogP contribution is 2.14. The van der Waals surface area contributed by atoms with Gasteiger partial charge in [0.1, 0.15) is 5.75 Å². The molecule has 4 nitrogen and oxygen atoms in total. The maximum Gasteiger partial charge on any atom is 0.277 e. The van der Waals surface area contributed by atoms with E-state index in [1.165, 1.54) is 5.56 Å². The Hall–Kier alpha value is -1.40. The number of methoxy groups -OCH3 is 1. The van der Waals surface area contributed by atoms with Crippen LogP contribution in [0.15, 0.2) is 24.3 Å². The molecule has 0 spiro atoms. The van der Waals surface area contributed by atoms with Gasteiger partial charge in [0.2, 0.25) is 5.91 Å². The van der Waals surface area contributed by atoms with Gasteiger partial charge >= 0.3 is 0 Å². The van der Waals surface area contributed by atoms with Gasteiger partial charge in [-0.1, -0.05) is 18.6 Å². The Balaban J connectivity index is 0.00000484. The first-order valence-corrected chi connectivity index (χ1v) is 7.44. The summed E-state index contributed by atoms with van der Waals surface area (Å²) in [6.45, 7) is -1.44. The topological polar surface area (TPSA) is 64.3 Å². The number of carbonyl (C=O) groups excluding carboxylic acids is 1. The van der Waals surface area contributed by atoms with E-state index in [4.69, 9.17) is 10.5 Å². The molecule has 1 rings (SSSR count). The van der Waals surface area contributed by atoms with Gasteiger partial charge in [0, 0.05) is 6.42 Å². The highest BCUT2D eigenvalue weighted by molar-refractivity contribution is 5.85. The summed E-state index contributed by atoms with van der Waals surface area (Å²) >= 11 is 0. The number of alkyl halides is 2. The van der Waals surface area contributed by atoms with Crippen LogP contribution in [0.25, 0.3) is 0 Å². The van der Waals surface area contributed by atoms with Crippen molar-refractivity contribution < 1.29 is 18.3 Å². The average molecular weight is 351 g/mol. The predicted octanol–water partition coefficient (Wildman–Crippen LogP) is 2.93. The molecule has 0 aliphatic heterocycles. The summed E-state index contributed by atoms with van der Waals surface area (Å²) in [6, 6.07) is 7.86. The fourth-order valence-corrected chi connectivity index (χ4v) is 1.97. The summed E-state index contributed by atoms with van der Waals surface area (Å²) in [5.41, 5.74) is 6.11. The molecule has 0 aromatic heterocycles. The van der Waals surface area contributed by atoms with Gasteiger partial charge in [0.25, 0.3) is 5.92 Å². The first kappa shape index (κ1) is 21.6. The Morgan fingerprint density at radius 3 is 2.43 bits per heavy atom. The molecule has 0 bridgehead atoms. The smallest absolute Gasteiger partial charge is 0.277 e. The van der Waals surface area contributed by atoms with E-state index >= 15 is 0 Å². The van der Waals surface area contributed by atoms with Crippen LogP contribution in [0.4, 0.5) is 8.78 Å². The summed E-state index contributed by atoms with van der Waals surface area (Å²) < 4.78 is 30.8. The second kappa shape index (κ2) is 11.2. The summed E-state index contributed by atoms with van der Waals surface area (Å²) in [4.78, 5) is 11.4. The molecule has 7 heteroatoms. The number of benzene rings is 1. The van der Waals surface area contributed by atoms with Crippen LogP contribution >= 0.6 is 12.4 Å². The number of ether oxygens (including phenoxy) is 1. The number of hydrogen-bond donors (Lipinski definition) is 2. The number of nitrogens with one attached hydrogen (secondary N) is 1. The molecule has 0 aliphatic rings. The summed E-state index contributed by atoms with van der Waals surface area (Å²) in [6.07, 6.45) is 3.72. The standard InChI is InChI=1S/C16H24F2N2O2.ClH/c1-22-14-9-7-13(8-10-14)5-3-2-4-6-15(21)20-12-16(17,18)11-19;/h7-10H,2-6,11-12,19H2,1H3,(H,20,21);1H. The Morgan fingerprint density at radius 2 is 1.87 bits per heavy atom. The zero-order valence-electron chi connectivity index (χ0n) is 13.3. The van der Waals surface area contributed by atoms with E-state index in [1.54, 1.807) is 7.11 Å². The van der Waals surface area contributed by atoms with E-state index in [0.717, 1.165) is 25.0 Å². The van der Waals surface area contributed by atoms with Crippen LogP contribution in [0.3, 0.4) is 0 Å². The lowest BCUT2D eigenvalue weighted by Crippen LogP contribution is -2.41. The molecule has 23 heavy (non-hydrogen) atoms. The molecule has 0 aliphatic carbocycles. The van der Waals surface area contributed by atoms with Crippen LogP contribution in [0, 0.1) is 0 Å². The minimum atomic E-state index is -3.02. The van der Waals surface area contributed by atoms with E-state index in [1.807, 2.05) is 24.3 Å². The molecule has 0 atom stereocenters. The van der Waals surface area contributed by atoms with Gasteiger partial charge in [0.05, 0.1) is 20.2 Å². The van der Waals surface area contributed by atoms with Gasteiger partial charge in [-0.15, -0.1) is 12.4 Å². The van der Waals surface area contributed by atoms with Crippen molar-refractivity contribution >= 4 is 18.3 Å². The molecule has 0 fully saturated rings. The molecular formula is C16H25ClF2N2O2. The van der Waals surface area contributed by atoms with Crippen molar-refractivity contribution in [1.82, 2.24) is 5.32 Å². The Labute approximate surface area is 142 Å². The lowest BCUT2D eigenvalue weighted by molar-refractivity contribution is -0.123. The van der Waals surface area contributed by atoms with Crippen LogP contribution in [0.1, 0.15) is 31.2 Å². The zero-order valence-corrected chi connectivity index (χ0v) is 14.1. The summed E-state index contributed by atoms with van der Waals surface area (Å²) in [7, 11) is 1.63. The summed E-state index contributed by atoms with van der Waals surface area (Å²) in [5, 5.41) is 2.21. The molecule has 3 N–H and O–H groups in total. The van der Waals surface area contributed by atoms with Gasteiger partial charge in [-0.3, -0.25) is 4.79 Å². The van der Waals surface area contributed by atoms with E-state index in [0.29, 0.717) is 6.42 Å². The third kappa shape index (κ3) is 9.36. The fourth-order valence-electron chi connectivity index (χ4n) is 1.97. The lowest BCUT2D eigenvalue weighted by atomic mass is 10.1. The van der Waals surface area contributed by atoms with Crippen molar-refractivity contribution in [1.29, 1.82) is 0 Å². The number of carbonyl (C=O) groups is 1. The fraction of sp³-hybridized carbons (Fsp3) is 0.562. The maximum atomic E-state index is 12.8. The van der Waals surface area contributed by atoms with Crippen molar-refractivity contribution in [2.75, 3.05) is 20.2 Å². The molecule has 132 valence electrons. The highest BCUT2D eigenvalue weighted by atomic mass is 35.5. The molecule has 0 radical (unpaired) electrons. The van der Waals surface area contributed by atoms with Crippen molar-refractivity contribution in [3.8, 4) is 5.75 Å². The van der Waals surface area contributed by atoms with Crippen LogP contribution in [-0.2, 0) is 11.2 Å². The molecule has 1 amide bonds. The van der Waals surface area contributed by atoms with Gasteiger partial charge < -0.3 is 15.8 Å². The van der Waals surface area contributed by atoms with Crippen molar-refractivity contribution in [2.24, 2.45) is 5.73 Å². The monoisotopic (exact) mass is 350 g/mol. The van der Waals surface area contributed by atoms with Gasteiger partial charge in [-0.25, -0.2) is 8.78 Å². The minimum absolute atomic E-state index is 0. The normalized spacial score (nSPS) is 10.8. The zero-order chi connectivity index (χ0) is 16.4. The van der Waals surface area contributed by atoms with Crippen molar-refractivity contribution in [2.45, 2.75) is 38.0 Å². The van der Waals surface area contributed by atoms with Crippen molar-refractivity contribution in [3.05, 3.63) is 29.8 Å². The third-order valence-corrected chi connectivity index (χ3v) is 3.37. The molecule has 0 saturated heterocycles. The molecule has 0 saturated carbocycles. The van der Waals surface area contributed by atoms with E-state index in [2.05, 4.69) is 5.32 Å². The Morgan fingerprint density at radius 1 is 1.22 bits per heavy atom. The molecule has 0 heterocycles. The van der Waals surface area contributed by atoms with E-state index < -0.39 is 19.0 Å². The first-order valence-electron chi connectivity index (χ1n) is 7.44. The number of amides is 1. The Kier molecular flexibility index (Phi) is 10.5. The van der Waals surface area contributed by atoms with Gasteiger partial charge in [-0.05, 0) is 37.0 Å². The second-order valence-electron chi connectivity index (χ2n) is 5.25. The van der Waals surface area contributed by atoms with Gasteiger partial charge in [0.15, 0.2) is 0 Å². The highest BCUT2D eigenvalue weighted by Gasteiger charge is 2.26. The molecule has 1 aromatic rings. The number of hydrogen-bond acceptors (Lipinski definition) is 3. The van der Waals surface area contributed by atoms with Crippen LogP contribution in [-0.4, -0.2) is 32.0 Å². The molecule has 1 aromatic carbocycles. The number of nitrogens with two attached hydrogens (primary N) is 1. The number of unbranched alkanes of at least 4 members (excludes halogenated alkanes) is 2. The quantitative estimate of drug-likeness (QED) is 0.638. The van der Waals surface area contributed by atoms with E-state index in [-0.39, 0.29) is 24.7 Å². The number of rotatable bonds is 10. The Bertz CT molecular complexity index is 456. The number of halogens is 3. The lowest BCUT2D eigenvalue weighted by Gasteiger charge is -2.14. The van der Waals surface area contributed by atoms with Crippen LogP contribution in [0.5, 0.6) is 5.75 Å². The second-order valence-corrected chi connectivity index (χ2v) is 5.25. The SMILES string of the molecule is COc1ccc(CCCCCC(=O)NCC(F)(F)CN)cc1.Cl. The summed E-state index contributed by atoms with van der Waals surface area (Å²) in [5.74, 6) is -2.54. The first-order chi connectivity index (χ1) is 10.5. The van der Waals surface area contributed by atoms with Crippen molar-refractivity contribution in [3.63, 3.8) is 0 Å². The molecule has 0 unspecified atom stereocenters. The van der Waals surface area contributed by atoms with Gasteiger partial charge in [-0.2, -0.15) is 0 Å². The predicted molar refractivity (Wildman–Crippen MR) is 89.4 cm³/mol. The van der Waals surface area contributed by atoms with Crippen LogP contribution in [0.2, 0.25) is 0 Å². The van der Waals surface area contributed by atoms with E-state index in [9.17, 15) is 13.6 Å². The maximum absolute atomic E-state index is 12.8. The average Bonchev–Trinajstić information content (AvgIpc) is 2.53. The molecular weight excluding hydrogens is 326 g/mol. The largest absolute Gasteiger partial charge is 0.497 e. The number of aryl methyl sites for hydroxylation is 1. The minimum Gasteiger partial charge on any atom is -0.497 e.